The molecular weight excluding hydrogens is 394 g/mol. The molecule has 0 aliphatic carbocycles. The van der Waals surface area contributed by atoms with Crippen LogP contribution in [0.3, 0.4) is 0 Å². The number of para-hydroxylation sites is 1. The van der Waals surface area contributed by atoms with E-state index in [-0.39, 0.29) is 17.2 Å². The lowest BCUT2D eigenvalue weighted by Crippen LogP contribution is -2.27. The summed E-state index contributed by atoms with van der Waals surface area (Å²) in [6.45, 7) is 0.883. The van der Waals surface area contributed by atoms with Gasteiger partial charge >= 0.3 is 0 Å². The summed E-state index contributed by atoms with van der Waals surface area (Å²) >= 11 is 1.28. The van der Waals surface area contributed by atoms with E-state index in [1.54, 1.807) is 10.6 Å². The average Bonchev–Trinajstić information content (AvgIpc) is 2.80. The van der Waals surface area contributed by atoms with Crippen LogP contribution in [0, 0.1) is 0 Å². The summed E-state index contributed by atoms with van der Waals surface area (Å²) in [5.41, 5.74) is 2.59. The van der Waals surface area contributed by atoms with Crippen molar-refractivity contribution in [2.75, 3.05) is 5.75 Å². The van der Waals surface area contributed by atoms with Crippen molar-refractivity contribution in [2.45, 2.75) is 18.2 Å². The average molecular weight is 416 g/mol. The number of nitrogens with one attached hydrogen (secondary N) is 1. The number of rotatable bonds is 7. The second-order valence-corrected chi connectivity index (χ2v) is 7.78. The molecule has 1 heterocycles. The fourth-order valence-electron chi connectivity index (χ4n) is 3.14. The van der Waals surface area contributed by atoms with Crippen LogP contribution < -0.4 is 10.9 Å². The molecule has 0 unspecified atom stereocenters. The Morgan fingerprint density at radius 1 is 0.867 bits per heavy atom. The smallest absolute Gasteiger partial charge is 0.262 e. The number of amides is 1. The normalized spacial score (nSPS) is 10.8. The van der Waals surface area contributed by atoms with Gasteiger partial charge in [-0.2, -0.15) is 0 Å². The van der Waals surface area contributed by atoms with E-state index < -0.39 is 0 Å². The zero-order chi connectivity index (χ0) is 20.8. The molecule has 0 saturated heterocycles. The number of benzene rings is 3. The minimum Gasteiger partial charge on any atom is -0.351 e. The van der Waals surface area contributed by atoms with E-state index in [0.717, 1.165) is 11.1 Å². The second kappa shape index (κ2) is 9.41. The molecule has 4 aromatic rings. The molecule has 0 fully saturated rings. The molecule has 0 bridgehead atoms. The van der Waals surface area contributed by atoms with Gasteiger partial charge in [0.05, 0.1) is 23.2 Å². The number of thioether (sulfide) groups is 1. The Balaban J connectivity index is 1.55. The van der Waals surface area contributed by atoms with Crippen LogP contribution in [0.5, 0.6) is 0 Å². The highest BCUT2D eigenvalue weighted by molar-refractivity contribution is 7.99. The molecule has 0 aliphatic rings. The van der Waals surface area contributed by atoms with Gasteiger partial charge in [-0.05, 0) is 23.3 Å². The highest BCUT2D eigenvalue weighted by Gasteiger charge is 2.13. The van der Waals surface area contributed by atoms with Crippen LogP contribution in [0.2, 0.25) is 0 Å². The van der Waals surface area contributed by atoms with E-state index >= 15 is 0 Å². The monoisotopic (exact) mass is 415 g/mol. The number of hydrogen-bond donors (Lipinski definition) is 1. The Labute approximate surface area is 178 Å². The first-order valence-electron chi connectivity index (χ1n) is 9.67. The quantitative estimate of drug-likeness (QED) is 0.368. The van der Waals surface area contributed by atoms with Crippen LogP contribution in [-0.4, -0.2) is 21.2 Å². The predicted molar refractivity (Wildman–Crippen MR) is 121 cm³/mol. The molecule has 30 heavy (non-hydrogen) atoms. The first-order chi connectivity index (χ1) is 14.7. The van der Waals surface area contributed by atoms with Gasteiger partial charge in [-0.3, -0.25) is 14.2 Å². The Kier molecular flexibility index (Phi) is 6.25. The third-order valence-electron chi connectivity index (χ3n) is 4.67. The molecule has 3 aromatic carbocycles. The van der Waals surface area contributed by atoms with E-state index in [0.29, 0.717) is 29.1 Å². The fraction of sp³-hybridized carbons (Fsp3) is 0.125. The van der Waals surface area contributed by atoms with E-state index in [1.807, 2.05) is 78.9 Å². The molecule has 0 saturated carbocycles. The SMILES string of the molecule is O=C(CSc1nc2ccccc2c(=O)n1Cc1ccccc1)NCc1ccccc1. The summed E-state index contributed by atoms with van der Waals surface area (Å²) in [5, 5.41) is 4.03. The zero-order valence-electron chi connectivity index (χ0n) is 16.3. The third kappa shape index (κ3) is 4.78. The summed E-state index contributed by atoms with van der Waals surface area (Å²) < 4.78 is 1.65. The molecule has 0 spiro atoms. The van der Waals surface area contributed by atoms with Gasteiger partial charge in [-0.25, -0.2) is 4.98 Å². The van der Waals surface area contributed by atoms with Crippen molar-refractivity contribution in [1.29, 1.82) is 0 Å². The summed E-state index contributed by atoms with van der Waals surface area (Å²) in [6.07, 6.45) is 0. The summed E-state index contributed by atoms with van der Waals surface area (Å²) in [6, 6.07) is 26.8. The van der Waals surface area contributed by atoms with E-state index in [1.165, 1.54) is 11.8 Å². The molecule has 0 aliphatic heterocycles. The fourth-order valence-corrected chi connectivity index (χ4v) is 3.97. The molecular formula is C24H21N3O2S. The topological polar surface area (TPSA) is 64.0 Å². The van der Waals surface area contributed by atoms with Gasteiger partial charge in [0.15, 0.2) is 5.16 Å². The highest BCUT2D eigenvalue weighted by atomic mass is 32.2. The number of carbonyl (C=O) groups is 1. The molecule has 6 heteroatoms. The maximum absolute atomic E-state index is 13.1. The largest absolute Gasteiger partial charge is 0.351 e. The van der Waals surface area contributed by atoms with Crippen molar-refractivity contribution in [3.8, 4) is 0 Å². The number of nitrogens with zero attached hydrogens (tertiary/aromatic N) is 2. The van der Waals surface area contributed by atoms with Crippen LogP contribution in [0.25, 0.3) is 10.9 Å². The molecule has 1 amide bonds. The molecule has 4 rings (SSSR count). The van der Waals surface area contributed by atoms with Gasteiger partial charge in [0.25, 0.3) is 5.56 Å². The summed E-state index contributed by atoms with van der Waals surface area (Å²) in [5.74, 6) is 0.0874. The standard InChI is InChI=1S/C24H21N3O2S/c28-22(25-15-18-9-3-1-4-10-18)17-30-24-26-21-14-8-7-13-20(21)23(29)27(24)16-19-11-5-2-6-12-19/h1-14H,15-17H2,(H,25,28). The lowest BCUT2D eigenvalue weighted by molar-refractivity contribution is -0.118. The molecule has 5 nitrogen and oxygen atoms in total. The van der Waals surface area contributed by atoms with Crippen LogP contribution in [-0.2, 0) is 17.9 Å². The maximum atomic E-state index is 13.1. The Hall–Kier alpha value is -3.38. The zero-order valence-corrected chi connectivity index (χ0v) is 17.1. The van der Waals surface area contributed by atoms with Crippen LogP contribution >= 0.6 is 11.8 Å². The first-order valence-corrected chi connectivity index (χ1v) is 10.7. The van der Waals surface area contributed by atoms with Crippen molar-refractivity contribution in [1.82, 2.24) is 14.9 Å². The van der Waals surface area contributed by atoms with Crippen molar-refractivity contribution in [3.05, 3.63) is 106 Å². The first kappa shape index (κ1) is 19.9. The van der Waals surface area contributed by atoms with Crippen LogP contribution in [0.15, 0.2) is 94.9 Å². The number of aromatic nitrogens is 2. The van der Waals surface area contributed by atoms with Crippen molar-refractivity contribution in [3.63, 3.8) is 0 Å². The number of hydrogen-bond acceptors (Lipinski definition) is 4. The third-order valence-corrected chi connectivity index (χ3v) is 5.65. The van der Waals surface area contributed by atoms with Crippen molar-refractivity contribution < 1.29 is 4.79 Å². The summed E-state index contributed by atoms with van der Waals surface area (Å²) in [7, 11) is 0. The van der Waals surface area contributed by atoms with Gasteiger partial charge < -0.3 is 5.32 Å². The second-order valence-electron chi connectivity index (χ2n) is 6.84. The van der Waals surface area contributed by atoms with E-state index in [4.69, 9.17) is 0 Å². The molecule has 1 N–H and O–H groups in total. The van der Waals surface area contributed by atoms with Gasteiger partial charge in [0, 0.05) is 6.54 Å². The Morgan fingerprint density at radius 3 is 2.23 bits per heavy atom. The maximum Gasteiger partial charge on any atom is 0.262 e. The summed E-state index contributed by atoms with van der Waals surface area (Å²) in [4.78, 5) is 30.1. The molecule has 0 atom stereocenters. The minimum absolute atomic E-state index is 0.0995. The van der Waals surface area contributed by atoms with Crippen LogP contribution in [0.4, 0.5) is 0 Å². The lowest BCUT2D eigenvalue weighted by Gasteiger charge is -2.13. The minimum atomic E-state index is -0.100. The number of fused-ring (bicyclic) bond motifs is 1. The Bertz CT molecular complexity index is 1210. The molecule has 0 radical (unpaired) electrons. The van der Waals surface area contributed by atoms with Gasteiger partial charge in [0.2, 0.25) is 5.91 Å². The lowest BCUT2D eigenvalue weighted by atomic mass is 10.2. The van der Waals surface area contributed by atoms with Gasteiger partial charge in [-0.1, -0.05) is 84.6 Å². The van der Waals surface area contributed by atoms with Crippen molar-refractivity contribution >= 4 is 28.6 Å². The highest BCUT2D eigenvalue weighted by Crippen LogP contribution is 2.19. The molecule has 150 valence electrons. The van der Waals surface area contributed by atoms with E-state index in [9.17, 15) is 9.59 Å². The van der Waals surface area contributed by atoms with Gasteiger partial charge in [0.1, 0.15) is 0 Å². The predicted octanol–water partition coefficient (Wildman–Crippen LogP) is 3.85. The van der Waals surface area contributed by atoms with Crippen molar-refractivity contribution in [2.24, 2.45) is 0 Å². The molecule has 1 aromatic heterocycles. The van der Waals surface area contributed by atoms with E-state index in [2.05, 4.69) is 10.3 Å². The number of carbonyl (C=O) groups excluding carboxylic acids is 1. The Morgan fingerprint density at radius 2 is 1.50 bits per heavy atom. The van der Waals surface area contributed by atoms with Crippen LogP contribution in [0.1, 0.15) is 11.1 Å². The van der Waals surface area contributed by atoms with Gasteiger partial charge in [-0.15, -0.1) is 0 Å².